The van der Waals surface area contributed by atoms with Crippen LogP contribution in [0.3, 0.4) is 0 Å². The summed E-state index contributed by atoms with van der Waals surface area (Å²) in [6.07, 6.45) is 2.21. The Morgan fingerprint density at radius 2 is 1.64 bits per heavy atom. The predicted octanol–water partition coefficient (Wildman–Crippen LogP) is 9.62. The number of nitro groups is 1. The summed E-state index contributed by atoms with van der Waals surface area (Å²) < 4.78 is 46.7. The highest BCUT2D eigenvalue weighted by Crippen LogP contribution is 2.44. The average molecular weight is 1000 g/mol. The van der Waals surface area contributed by atoms with E-state index in [9.17, 15) is 38.0 Å². The van der Waals surface area contributed by atoms with E-state index in [0.29, 0.717) is 56.6 Å². The lowest BCUT2D eigenvalue weighted by Crippen LogP contribution is -2.47. The third-order valence-corrected chi connectivity index (χ3v) is 13.8. The Morgan fingerprint density at radius 3 is 2.30 bits per heavy atom. The van der Waals surface area contributed by atoms with Gasteiger partial charge in [-0.15, -0.1) is 0 Å². The van der Waals surface area contributed by atoms with Crippen molar-refractivity contribution in [3.63, 3.8) is 0 Å². The first-order valence-electron chi connectivity index (χ1n) is 23.0. The Hall–Kier alpha value is -6.48. The van der Waals surface area contributed by atoms with E-state index in [0.717, 1.165) is 44.7 Å². The molecule has 5 N–H and O–H groups in total. The topological polar surface area (TPSA) is 244 Å². The third kappa shape index (κ3) is 13.9. The highest BCUT2D eigenvalue weighted by Gasteiger charge is 2.31. The molecule has 4 aromatic rings. The van der Waals surface area contributed by atoms with Crippen molar-refractivity contribution in [1.82, 2.24) is 14.6 Å². The number of allylic oxidation sites excluding steroid dienone is 1. The molecular weight excluding hydrogens is 944 g/mol. The first-order chi connectivity index (χ1) is 33.1. The number of pyridine rings is 1. The van der Waals surface area contributed by atoms with E-state index in [-0.39, 0.29) is 45.7 Å². The maximum atomic E-state index is 14.1. The van der Waals surface area contributed by atoms with Gasteiger partial charge < -0.3 is 29.5 Å². The molecule has 3 amide bonds. The normalized spacial score (nSPS) is 16.8. The number of ether oxygens (including phenoxy) is 3. The molecule has 7 rings (SSSR count). The van der Waals surface area contributed by atoms with Crippen molar-refractivity contribution in [1.29, 1.82) is 0 Å². The second-order valence-electron chi connectivity index (χ2n) is 19.4. The van der Waals surface area contributed by atoms with Gasteiger partial charge in [-0.3, -0.25) is 30.4 Å². The third-order valence-electron chi connectivity index (χ3n) is 12.3. The molecule has 19 nitrogen and oxygen atoms in total. The smallest absolute Gasteiger partial charge is 0.413 e. The number of nitro benzene ring substituents is 1. The molecule has 0 radical (unpaired) electrons. The molecule has 374 valence electrons. The molecule has 2 fully saturated rings. The number of amides is 3. The summed E-state index contributed by atoms with van der Waals surface area (Å²) in [5.74, 6) is -1.55. The van der Waals surface area contributed by atoms with Crippen molar-refractivity contribution in [3.05, 3.63) is 105 Å². The van der Waals surface area contributed by atoms with Crippen LogP contribution in [-0.2, 0) is 19.5 Å². The maximum absolute atomic E-state index is 14.1. The first-order valence-corrected chi connectivity index (χ1v) is 24.9. The van der Waals surface area contributed by atoms with E-state index in [1.54, 1.807) is 32.9 Å². The number of hydrogen-bond donors (Lipinski definition) is 5. The largest absolute Gasteiger partial charge is 0.465 e. The minimum absolute atomic E-state index is 0.0939. The number of halogens is 1. The summed E-state index contributed by atoms with van der Waals surface area (Å²) in [5, 5.41) is 30.1. The molecule has 70 heavy (non-hydrogen) atoms. The maximum Gasteiger partial charge on any atom is 0.413 e. The van der Waals surface area contributed by atoms with Crippen LogP contribution in [0.2, 0.25) is 5.02 Å². The van der Waals surface area contributed by atoms with Crippen LogP contribution in [0, 0.1) is 21.4 Å². The van der Waals surface area contributed by atoms with Crippen molar-refractivity contribution in [2.45, 2.75) is 77.2 Å². The number of anilines is 4. The lowest BCUT2D eigenvalue weighted by atomic mass is 9.72. The summed E-state index contributed by atoms with van der Waals surface area (Å²) in [5.41, 5.74) is 3.24. The van der Waals surface area contributed by atoms with Crippen LogP contribution in [0.25, 0.3) is 5.57 Å². The predicted molar refractivity (Wildman–Crippen MR) is 267 cm³/mol. The van der Waals surface area contributed by atoms with Gasteiger partial charge in [0.25, 0.3) is 21.6 Å². The van der Waals surface area contributed by atoms with E-state index in [1.807, 2.05) is 16.9 Å². The molecule has 1 aromatic heterocycles. The standard InChI is InChI=1S/C49H59ClN8O11S/c1-48(2,3)69-47(62)54-44-26-36(25-43(52-44)53-46(60)61)68-42-24-35(57-20-18-56(19-21-57)30-33-14-17-49(4,5)28-39(33)32-6-8-34(50)9-7-32)10-12-38(42)45(59)55-70(65,66)37-11-13-40(41(27-37)58(63)64)51-29-31-15-22-67-23-16-31/h6-13,24-27,31,51H,14-23,28-30H2,1-5H3,(H,55,59)(H,60,61)(H2,52,53,54,62). The molecule has 1 aliphatic carbocycles. The fraction of sp³-hybridized carbons (Fsp3) is 0.429. The van der Waals surface area contributed by atoms with Gasteiger partial charge in [0.1, 0.15) is 34.4 Å². The number of sulfonamides is 1. The number of carbonyl (C=O) groups is 3. The quantitative estimate of drug-likeness (QED) is 0.0550. The monoisotopic (exact) mass is 1000 g/mol. The highest BCUT2D eigenvalue weighted by atomic mass is 35.5. The fourth-order valence-electron chi connectivity index (χ4n) is 8.63. The first kappa shape index (κ1) is 51.4. The lowest BCUT2D eigenvalue weighted by Gasteiger charge is -2.39. The molecule has 3 heterocycles. The molecule has 0 spiro atoms. The van der Waals surface area contributed by atoms with Crippen LogP contribution in [0.5, 0.6) is 11.5 Å². The summed E-state index contributed by atoms with van der Waals surface area (Å²) in [6, 6.07) is 18.5. The molecule has 2 aliphatic heterocycles. The molecule has 0 saturated carbocycles. The van der Waals surface area contributed by atoms with Gasteiger partial charge in [-0.05, 0) is 112 Å². The summed E-state index contributed by atoms with van der Waals surface area (Å²) in [6.45, 7) is 14.6. The Bertz CT molecular complexity index is 2750. The van der Waals surface area contributed by atoms with Gasteiger partial charge in [-0.2, -0.15) is 0 Å². The second kappa shape index (κ2) is 21.7. The van der Waals surface area contributed by atoms with Gasteiger partial charge in [0.05, 0.1) is 15.4 Å². The number of piperazine rings is 1. The number of benzene rings is 3. The molecule has 21 heteroatoms. The Balaban J connectivity index is 1.16. The van der Waals surface area contributed by atoms with Crippen molar-refractivity contribution in [3.8, 4) is 11.5 Å². The second-order valence-corrected chi connectivity index (χ2v) is 21.5. The van der Waals surface area contributed by atoms with Crippen molar-refractivity contribution in [2.24, 2.45) is 11.3 Å². The number of nitrogens with zero attached hydrogens (tertiary/aromatic N) is 4. The van der Waals surface area contributed by atoms with Crippen molar-refractivity contribution >= 4 is 74.0 Å². The number of hydrogen-bond acceptors (Lipinski definition) is 14. The van der Waals surface area contributed by atoms with E-state index in [1.165, 1.54) is 47.0 Å². The van der Waals surface area contributed by atoms with E-state index < -0.39 is 49.2 Å². The van der Waals surface area contributed by atoms with Crippen LogP contribution in [-0.4, -0.2) is 105 Å². The lowest BCUT2D eigenvalue weighted by molar-refractivity contribution is -0.384. The number of aromatic nitrogens is 1. The van der Waals surface area contributed by atoms with Gasteiger partial charge in [0.15, 0.2) is 0 Å². The van der Waals surface area contributed by atoms with Crippen LogP contribution in [0.15, 0.2) is 83.3 Å². The number of nitrogens with one attached hydrogen (secondary N) is 4. The molecule has 0 bridgehead atoms. The fourth-order valence-corrected chi connectivity index (χ4v) is 9.75. The molecule has 2 saturated heterocycles. The van der Waals surface area contributed by atoms with Gasteiger partial charge in [-0.1, -0.05) is 43.2 Å². The van der Waals surface area contributed by atoms with Crippen LogP contribution in [0.1, 0.15) is 82.6 Å². The Morgan fingerprint density at radius 1 is 0.957 bits per heavy atom. The number of rotatable bonds is 15. The molecule has 3 aromatic carbocycles. The average Bonchev–Trinajstić information content (AvgIpc) is 3.28. The molecule has 0 unspecified atom stereocenters. The molecule has 3 aliphatic rings. The van der Waals surface area contributed by atoms with Gasteiger partial charge in [0.2, 0.25) is 0 Å². The van der Waals surface area contributed by atoms with Crippen LogP contribution in [0.4, 0.5) is 38.3 Å². The summed E-state index contributed by atoms with van der Waals surface area (Å²) in [4.78, 5) is 58.2. The van der Waals surface area contributed by atoms with E-state index >= 15 is 0 Å². The zero-order chi connectivity index (χ0) is 50.4. The zero-order valence-corrected chi connectivity index (χ0v) is 41.4. The summed E-state index contributed by atoms with van der Waals surface area (Å²) >= 11 is 6.25. The Kier molecular flexibility index (Phi) is 15.9. The van der Waals surface area contributed by atoms with Gasteiger partial charge >= 0.3 is 12.2 Å². The summed E-state index contributed by atoms with van der Waals surface area (Å²) in [7, 11) is -4.72. The minimum atomic E-state index is -4.72. The zero-order valence-electron chi connectivity index (χ0n) is 39.8. The van der Waals surface area contributed by atoms with Gasteiger partial charge in [0, 0.05) is 87.5 Å². The van der Waals surface area contributed by atoms with Crippen molar-refractivity contribution < 1.29 is 47.0 Å². The minimum Gasteiger partial charge on any atom is -0.465 e. The molecular formula is C49H59ClN8O11S. The number of carbonyl (C=O) groups excluding carboxylic acids is 2. The molecule has 0 atom stereocenters. The van der Waals surface area contributed by atoms with E-state index in [2.05, 4.69) is 56.7 Å². The van der Waals surface area contributed by atoms with Gasteiger partial charge in [-0.25, -0.2) is 27.7 Å². The highest BCUT2D eigenvalue weighted by molar-refractivity contribution is 7.90. The van der Waals surface area contributed by atoms with E-state index in [4.69, 9.17) is 25.8 Å². The van der Waals surface area contributed by atoms with Crippen molar-refractivity contribution in [2.75, 3.05) is 73.3 Å². The Labute approximate surface area is 412 Å². The van der Waals surface area contributed by atoms with Crippen LogP contribution >= 0.6 is 11.6 Å². The van der Waals surface area contributed by atoms with Crippen LogP contribution < -0.4 is 30.3 Å². The SMILES string of the molecule is CC1(C)CCC(CN2CCN(c3ccc(C(=O)NS(=O)(=O)c4ccc(NCC5CCOCC5)c([N+](=O)[O-])c4)c(Oc4cc(NC(=O)O)nc(NC(=O)OC(C)(C)C)c4)c3)CC2)=C(c2ccc(Cl)cc2)C1. The number of carboxylic acid groups (broad SMARTS) is 1.